The number of hydrogen-bond donors (Lipinski definition) is 1. The van der Waals surface area contributed by atoms with Gasteiger partial charge in [0.2, 0.25) is 0 Å². The lowest BCUT2D eigenvalue weighted by molar-refractivity contribution is 0.0983. The van der Waals surface area contributed by atoms with Crippen LogP contribution in [-0.2, 0) is 6.42 Å². The molecule has 0 atom stereocenters. The van der Waals surface area contributed by atoms with Crippen molar-refractivity contribution in [2.45, 2.75) is 20.3 Å². The Labute approximate surface area is 171 Å². The summed E-state index contributed by atoms with van der Waals surface area (Å²) in [5.74, 6) is 1.34. The van der Waals surface area contributed by atoms with Gasteiger partial charge in [0.05, 0.1) is 7.11 Å². The third-order valence-corrected chi connectivity index (χ3v) is 4.65. The Bertz CT molecular complexity index is 974. The van der Waals surface area contributed by atoms with Crippen LogP contribution in [0.3, 0.4) is 0 Å². The minimum absolute atomic E-state index is 0.145. The molecule has 0 aliphatic carbocycles. The number of nitrogens with one attached hydrogen (secondary N) is 1. The first kappa shape index (κ1) is 20.3. The molecule has 0 radical (unpaired) electrons. The Morgan fingerprint density at radius 3 is 2.69 bits per heavy atom. The Kier molecular flexibility index (Phi) is 6.79. The van der Waals surface area contributed by atoms with E-state index in [9.17, 15) is 4.79 Å². The molecular weight excluding hydrogens is 364 g/mol. The van der Waals surface area contributed by atoms with Crippen LogP contribution in [0.25, 0.3) is 0 Å². The van der Waals surface area contributed by atoms with Gasteiger partial charge in [-0.3, -0.25) is 4.79 Å². The molecule has 0 fully saturated rings. The molecule has 0 bridgehead atoms. The second kappa shape index (κ2) is 9.68. The molecule has 1 amide bonds. The largest absolute Gasteiger partial charge is 0.496 e. The van der Waals surface area contributed by atoms with Gasteiger partial charge in [0, 0.05) is 24.8 Å². The van der Waals surface area contributed by atoms with E-state index < -0.39 is 0 Å². The molecule has 0 saturated carbocycles. The monoisotopic (exact) mass is 390 g/mol. The van der Waals surface area contributed by atoms with Gasteiger partial charge < -0.3 is 15.0 Å². The predicted molar refractivity (Wildman–Crippen MR) is 116 cm³/mol. The number of anilines is 2. The van der Waals surface area contributed by atoms with Crippen molar-refractivity contribution in [3.8, 4) is 5.75 Å². The molecule has 6 nitrogen and oxygen atoms in total. The number of nitrogens with zero attached hydrogens (tertiary/aromatic N) is 3. The molecule has 2 aromatic carbocycles. The highest BCUT2D eigenvalue weighted by atomic mass is 16.5. The maximum Gasteiger partial charge on any atom is 0.277 e. The smallest absolute Gasteiger partial charge is 0.277 e. The first-order valence-electron chi connectivity index (χ1n) is 9.68. The Morgan fingerprint density at radius 2 is 1.93 bits per heavy atom. The summed E-state index contributed by atoms with van der Waals surface area (Å²) in [6.45, 7) is 5.19. The van der Waals surface area contributed by atoms with E-state index in [4.69, 9.17) is 4.74 Å². The van der Waals surface area contributed by atoms with E-state index >= 15 is 0 Å². The Morgan fingerprint density at radius 1 is 1.10 bits per heavy atom. The predicted octanol–water partition coefficient (Wildman–Crippen LogP) is 4.11. The van der Waals surface area contributed by atoms with Gasteiger partial charge in [-0.1, -0.05) is 30.3 Å². The fourth-order valence-corrected chi connectivity index (χ4v) is 3.18. The summed E-state index contributed by atoms with van der Waals surface area (Å²) in [6, 6.07) is 17.5. The van der Waals surface area contributed by atoms with Gasteiger partial charge in [-0.05, 0) is 49.6 Å². The van der Waals surface area contributed by atoms with Crippen LogP contribution >= 0.6 is 0 Å². The summed E-state index contributed by atoms with van der Waals surface area (Å²) in [6.07, 6.45) is 2.20. The molecule has 3 rings (SSSR count). The van der Waals surface area contributed by atoms with Gasteiger partial charge in [0.1, 0.15) is 23.6 Å². The van der Waals surface area contributed by atoms with Crippen LogP contribution in [0.4, 0.5) is 11.5 Å². The van der Waals surface area contributed by atoms with Crippen LogP contribution in [0.15, 0.2) is 60.9 Å². The second-order valence-electron chi connectivity index (χ2n) is 6.67. The zero-order chi connectivity index (χ0) is 20.6. The fraction of sp³-hybridized carbons (Fsp3) is 0.261. The number of hydrogen-bond acceptors (Lipinski definition) is 5. The lowest BCUT2D eigenvalue weighted by atomic mass is 10.1. The van der Waals surface area contributed by atoms with Gasteiger partial charge in [-0.25, -0.2) is 9.97 Å². The standard InChI is InChI=1S/C23H26N4O2/c1-4-27(19-10-7-8-17(2)14-19)23(28)20-15-22(26-16-25-20)24-13-12-18-9-5-6-11-21(18)29-3/h5-11,14-16H,4,12-13H2,1-3H3,(H,24,25,26). The average molecular weight is 390 g/mol. The molecule has 1 heterocycles. The maximum absolute atomic E-state index is 13.0. The second-order valence-corrected chi connectivity index (χ2v) is 6.67. The number of benzene rings is 2. The van der Waals surface area contributed by atoms with Crippen molar-refractivity contribution in [3.05, 3.63) is 77.7 Å². The third-order valence-electron chi connectivity index (χ3n) is 4.65. The molecule has 0 unspecified atom stereocenters. The minimum Gasteiger partial charge on any atom is -0.496 e. The molecule has 1 aromatic heterocycles. The van der Waals surface area contributed by atoms with Crippen molar-refractivity contribution >= 4 is 17.4 Å². The number of methoxy groups -OCH3 is 1. The van der Waals surface area contributed by atoms with Crippen molar-refractivity contribution in [1.82, 2.24) is 9.97 Å². The summed E-state index contributed by atoms with van der Waals surface area (Å²) in [5, 5.41) is 3.27. The number of ether oxygens (including phenoxy) is 1. The normalized spacial score (nSPS) is 10.4. The SMILES string of the molecule is CCN(C(=O)c1cc(NCCc2ccccc2OC)ncn1)c1cccc(C)c1. The molecule has 0 saturated heterocycles. The van der Waals surface area contributed by atoms with E-state index in [1.165, 1.54) is 6.33 Å². The summed E-state index contributed by atoms with van der Waals surface area (Å²) in [7, 11) is 1.67. The summed E-state index contributed by atoms with van der Waals surface area (Å²) in [4.78, 5) is 23.2. The van der Waals surface area contributed by atoms with Gasteiger partial charge in [0.25, 0.3) is 5.91 Å². The van der Waals surface area contributed by atoms with E-state index in [0.29, 0.717) is 24.6 Å². The molecule has 0 aliphatic heterocycles. The number of aryl methyl sites for hydroxylation is 1. The maximum atomic E-state index is 13.0. The van der Waals surface area contributed by atoms with E-state index in [1.54, 1.807) is 18.1 Å². The van der Waals surface area contributed by atoms with Gasteiger partial charge in [0.15, 0.2) is 0 Å². The van der Waals surface area contributed by atoms with Crippen molar-refractivity contribution < 1.29 is 9.53 Å². The highest BCUT2D eigenvalue weighted by molar-refractivity contribution is 6.05. The summed E-state index contributed by atoms with van der Waals surface area (Å²) >= 11 is 0. The number of amides is 1. The van der Waals surface area contributed by atoms with E-state index in [1.807, 2.05) is 62.4 Å². The number of carbonyl (C=O) groups is 1. The van der Waals surface area contributed by atoms with Crippen LogP contribution in [0.2, 0.25) is 0 Å². The summed E-state index contributed by atoms with van der Waals surface area (Å²) < 4.78 is 5.38. The molecule has 29 heavy (non-hydrogen) atoms. The van der Waals surface area contributed by atoms with Crippen molar-refractivity contribution in [3.63, 3.8) is 0 Å². The van der Waals surface area contributed by atoms with Crippen LogP contribution < -0.4 is 15.0 Å². The first-order valence-corrected chi connectivity index (χ1v) is 9.68. The van der Waals surface area contributed by atoms with E-state index in [2.05, 4.69) is 15.3 Å². The lowest BCUT2D eigenvalue weighted by Crippen LogP contribution is -2.31. The Balaban J connectivity index is 1.69. The number of para-hydroxylation sites is 1. The Hall–Kier alpha value is -3.41. The van der Waals surface area contributed by atoms with Gasteiger partial charge in [-0.2, -0.15) is 0 Å². The van der Waals surface area contributed by atoms with Crippen LogP contribution in [0, 0.1) is 6.92 Å². The van der Waals surface area contributed by atoms with Crippen molar-refractivity contribution in [2.75, 3.05) is 30.4 Å². The van der Waals surface area contributed by atoms with Crippen LogP contribution in [0.5, 0.6) is 5.75 Å². The molecule has 6 heteroatoms. The lowest BCUT2D eigenvalue weighted by Gasteiger charge is -2.21. The topological polar surface area (TPSA) is 67.4 Å². The molecule has 3 aromatic rings. The minimum atomic E-state index is -0.145. The quantitative estimate of drug-likeness (QED) is 0.627. The molecule has 1 N–H and O–H groups in total. The zero-order valence-electron chi connectivity index (χ0n) is 17.1. The summed E-state index contributed by atoms with van der Waals surface area (Å²) in [5.41, 5.74) is 3.45. The number of rotatable bonds is 8. The van der Waals surface area contributed by atoms with Gasteiger partial charge >= 0.3 is 0 Å². The average Bonchev–Trinajstić information content (AvgIpc) is 2.75. The van der Waals surface area contributed by atoms with E-state index in [0.717, 1.165) is 29.0 Å². The van der Waals surface area contributed by atoms with Gasteiger partial charge in [-0.15, -0.1) is 0 Å². The van der Waals surface area contributed by atoms with Crippen molar-refractivity contribution in [1.29, 1.82) is 0 Å². The number of aromatic nitrogens is 2. The van der Waals surface area contributed by atoms with Crippen LogP contribution in [0.1, 0.15) is 28.5 Å². The fourth-order valence-electron chi connectivity index (χ4n) is 3.18. The molecule has 0 aliphatic rings. The highest BCUT2D eigenvalue weighted by Gasteiger charge is 2.18. The number of carbonyl (C=O) groups excluding carboxylic acids is 1. The third kappa shape index (κ3) is 5.10. The highest BCUT2D eigenvalue weighted by Crippen LogP contribution is 2.20. The molecule has 0 spiro atoms. The van der Waals surface area contributed by atoms with E-state index in [-0.39, 0.29) is 5.91 Å². The molecular formula is C23H26N4O2. The van der Waals surface area contributed by atoms with Crippen LogP contribution in [-0.4, -0.2) is 36.1 Å². The van der Waals surface area contributed by atoms with Crippen molar-refractivity contribution in [2.24, 2.45) is 0 Å². The molecule has 150 valence electrons. The first-order chi connectivity index (χ1) is 14.1. The zero-order valence-corrected chi connectivity index (χ0v) is 17.1.